The molecule has 2 aromatic rings. The van der Waals surface area contributed by atoms with Gasteiger partial charge in [-0.25, -0.2) is 0 Å². The molecule has 0 radical (unpaired) electrons. The van der Waals surface area contributed by atoms with Crippen LogP contribution in [0.15, 0.2) is 48.7 Å². The molecule has 1 heterocycles. The van der Waals surface area contributed by atoms with Crippen LogP contribution in [0.3, 0.4) is 0 Å². The normalized spacial score (nSPS) is 11.5. The van der Waals surface area contributed by atoms with E-state index in [1.54, 1.807) is 6.07 Å². The summed E-state index contributed by atoms with van der Waals surface area (Å²) in [5.74, 6) is -0.556. The van der Waals surface area contributed by atoms with Gasteiger partial charge in [0, 0.05) is 18.8 Å². The van der Waals surface area contributed by atoms with Gasteiger partial charge in [-0.05, 0) is 24.6 Å². The van der Waals surface area contributed by atoms with Crippen molar-refractivity contribution in [3.05, 3.63) is 65.5 Å². The van der Waals surface area contributed by atoms with E-state index in [0.29, 0.717) is 5.56 Å². The molecule has 1 atom stereocenters. The molecule has 0 aliphatic carbocycles. The molecule has 0 aliphatic rings. The Balaban J connectivity index is 2.12. The Hall–Kier alpha value is -2.69. The lowest BCUT2D eigenvalue weighted by atomic mass is 10.1. The third-order valence-corrected chi connectivity index (χ3v) is 3.13. The summed E-state index contributed by atoms with van der Waals surface area (Å²) in [6.45, 7) is 1.91. The predicted molar refractivity (Wildman–Crippen MR) is 80.0 cm³/mol. The maximum atomic E-state index is 12.2. The van der Waals surface area contributed by atoms with Crippen LogP contribution < -0.4 is 10.6 Å². The third-order valence-electron chi connectivity index (χ3n) is 3.13. The van der Waals surface area contributed by atoms with E-state index in [4.69, 9.17) is 0 Å². The third kappa shape index (κ3) is 3.66. The van der Waals surface area contributed by atoms with Crippen LogP contribution in [-0.2, 0) is 0 Å². The van der Waals surface area contributed by atoms with Crippen molar-refractivity contribution >= 4 is 11.8 Å². The Morgan fingerprint density at radius 3 is 2.48 bits per heavy atom. The SMILES string of the molecule is CNC(=O)c1cc(C(=O)N[C@H](C)c2ccccc2)ccn1. The van der Waals surface area contributed by atoms with E-state index in [1.165, 1.54) is 19.3 Å². The molecule has 108 valence electrons. The molecule has 1 aromatic heterocycles. The second-order valence-corrected chi connectivity index (χ2v) is 4.61. The van der Waals surface area contributed by atoms with Gasteiger partial charge >= 0.3 is 0 Å². The van der Waals surface area contributed by atoms with Crippen LogP contribution in [0.2, 0.25) is 0 Å². The van der Waals surface area contributed by atoms with Crippen LogP contribution >= 0.6 is 0 Å². The summed E-state index contributed by atoms with van der Waals surface area (Å²) < 4.78 is 0. The first-order chi connectivity index (χ1) is 10.1. The number of pyridine rings is 1. The van der Waals surface area contributed by atoms with Gasteiger partial charge in [-0.15, -0.1) is 0 Å². The predicted octanol–water partition coefficient (Wildman–Crippen LogP) is 1.93. The van der Waals surface area contributed by atoms with Gasteiger partial charge in [0.05, 0.1) is 6.04 Å². The van der Waals surface area contributed by atoms with E-state index in [9.17, 15) is 9.59 Å². The monoisotopic (exact) mass is 283 g/mol. The highest BCUT2D eigenvalue weighted by Crippen LogP contribution is 2.12. The molecular formula is C16H17N3O2. The van der Waals surface area contributed by atoms with Crippen molar-refractivity contribution < 1.29 is 9.59 Å². The number of aromatic nitrogens is 1. The minimum absolute atomic E-state index is 0.115. The quantitative estimate of drug-likeness (QED) is 0.900. The lowest BCUT2D eigenvalue weighted by molar-refractivity contribution is 0.0939. The molecule has 0 bridgehead atoms. The number of hydrogen-bond acceptors (Lipinski definition) is 3. The van der Waals surface area contributed by atoms with E-state index in [0.717, 1.165) is 5.56 Å². The van der Waals surface area contributed by atoms with Crippen LogP contribution in [0.5, 0.6) is 0 Å². The zero-order valence-corrected chi connectivity index (χ0v) is 12.0. The standard InChI is InChI=1S/C16H17N3O2/c1-11(12-6-4-3-5-7-12)19-15(20)13-8-9-18-14(10-13)16(21)17-2/h3-11H,1-2H3,(H,17,21)(H,19,20)/t11-/m1/s1. The summed E-state index contributed by atoms with van der Waals surface area (Å²) in [4.78, 5) is 27.7. The molecule has 2 N–H and O–H groups in total. The first kappa shape index (κ1) is 14.7. The number of carbonyl (C=O) groups is 2. The van der Waals surface area contributed by atoms with Crippen molar-refractivity contribution in [3.63, 3.8) is 0 Å². The first-order valence-corrected chi connectivity index (χ1v) is 6.65. The molecule has 2 amide bonds. The molecule has 0 fully saturated rings. The topological polar surface area (TPSA) is 71.1 Å². The van der Waals surface area contributed by atoms with Crippen molar-refractivity contribution in [2.45, 2.75) is 13.0 Å². The Morgan fingerprint density at radius 2 is 1.81 bits per heavy atom. The zero-order valence-electron chi connectivity index (χ0n) is 12.0. The van der Waals surface area contributed by atoms with Gasteiger partial charge < -0.3 is 10.6 Å². The van der Waals surface area contributed by atoms with Gasteiger partial charge in [0.1, 0.15) is 5.69 Å². The lowest BCUT2D eigenvalue weighted by Gasteiger charge is -2.14. The summed E-state index contributed by atoms with van der Waals surface area (Å²) in [6, 6.07) is 12.6. The number of amides is 2. The Bertz CT molecular complexity index is 641. The zero-order chi connectivity index (χ0) is 15.2. The average Bonchev–Trinajstić information content (AvgIpc) is 2.55. The van der Waals surface area contributed by atoms with Crippen molar-refractivity contribution in [1.82, 2.24) is 15.6 Å². The highest BCUT2D eigenvalue weighted by molar-refractivity contribution is 5.98. The van der Waals surface area contributed by atoms with Crippen molar-refractivity contribution in [1.29, 1.82) is 0 Å². The molecular weight excluding hydrogens is 266 g/mol. The van der Waals surface area contributed by atoms with E-state index in [2.05, 4.69) is 15.6 Å². The van der Waals surface area contributed by atoms with Crippen LogP contribution in [0, 0.1) is 0 Å². The summed E-state index contributed by atoms with van der Waals surface area (Å²) in [6.07, 6.45) is 1.45. The fraction of sp³-hybridized carbons (Fsp3) is 0.188. The number of rotatable bonds is 4. The largest absolute Gasteiger partial charge is 0.354 e. The van der Waals surface area contributed by atoms with Gasteiger partial charge in [0.15, 0.2) is 0 Å². The molecule has 0 aliphatic heterocycles. The number of carbonyl (C=O) groups excluding carboxylic acids is 2. The maximum Gasteiger partial charge on any atom is 0.269 e. The van der Waals surface area contributed by atoms with E-state index >= 15 is 0 Å². The molecule has 1 aromatic carbocycles. The average molecular weight is 283 g/mol. The van der Waals surface area contributed by atoms with Crippen LogP contribution in [0.1, 0.15) is 39.4 Å². The number of nitrogens with zero attached hydrogens (tertiary/aromatic N) is 1. The molecule has 5 heteroatoms. The number of hydrogen-bond donors (Lipinski definition) is 2. The molecule has 0 unspecified atom stereocenters. The summed E-state index contributed by atoms with van der Waals surface area (Å²) >= 11 is 0. The van der Waals surface area contributed by atoms with Gasteiger partial charge in [-0.2, -0.15) is 0 Å². The number of benzene rings is 1. The van der Waals surface area contributed by atoms with E-state index in [1.807, 2.05) is 37.3 Å². The van der Waals surface area contributed by atoms with E-state index < -0.39 is 0 Å². The van der Waals surface area contributed by atoms with Crippen LogP contribution in [0.4, 0.5) is 0 Å². The second-order valence-electron chi connectivity index (χ2n) is 4.61. The van der Waals surface area contributed by atoms with Gasteiger partial charge in [0.25, 0.3) is 11.8 Å². The van der Waals surface area contributed by atoms with Crippen LogP contribution in [-0.4, -0.2) is 23.8 Å². The highest BCUT2D eigenvalue weighted by Gasteiger charge is 2.13. The van der Waals surface area contributed by atoms with Gasteiger partial charge in [-0.1, -0.05) is 30.3 Å². The fourth-order valence-electron chi connectivity index (χ4n) is 1.93. The highest BCUT2D eigenvalue weighted by atomic mass is 16.2. The molecule has 2 rings (SSSR count). The summed E-state index contributed by atoms with van der Waals surface area (Å²) in [7, 11) is 1.52. The lowest BCUT2D eigenvalue weighted by Crippen LogP contribution is -2.27. The summed E-state index contributed by atoms with van der Waals surface area (Å²) in [5, 5.41) is 5.38. The smallest absolute Gasteiger partial charge is 0.269 e. The van der Waals surface area contributed by atoms with E-state index in [-0.39, 0.29) is 23.6 Å². The Kier molecular flexibility index (Phi) is 4.66. The van der Waals surface area contributed by atoms with Crippen molar-refractivity contribution in [3.8, 4) is 0 Å². The summed E-state index contributed by atoms with van der Waals surface area (Å²) in [5.41, 5.74) is 1.65. The molecule has 0 spiro atoms. The van der Waals surface area contributed by atoms with Crippen LogP contribution in [0.25, 0.3) is 0 Å². The second kappa shape index (κ2) is 6.65. The minimum Gasteiger partial charge on any atom is -0.354 e. The molecule has 21 heavy (non-hydrogen) atoms. The molecule has 0 saturated carbocycles. The fourth-order valence-corrected chi connectivity index (χ4v) is 1.93. The van der Waals surface area contributed by atoms with Crippen molar-refractivity contribution in [2.24, 2.45) is 0 Å². The van der Waals surface area contributed by atoms with Gasteiger partial charge in [0.2, 0.25) is 0 Å². The first-order valence-electron chi connectivity index (χ1n) is 6.65. The minimum atomic E-state index is -0.319. The molecule has 5 nitrogen and oxygen atoms in total. The van der Waals surface area contributed by atoms with Gasteiger partial charge in [-0.3, -0.25) is 14.6 Å². The Labute approximate surface area is 123 Å². The number of nitrogens with one attached hydrogen (secondary N) is 2. The Morgan fingerprint density at radius 1 is 1.10 bits per heavy atom. The molecule has 0 saturated heterocycles. The van der Waals surface area contributed by atoms with Crippen molar-refractivity contribution in [2.75, 3.05) is 7.05 Å². The maximum absolute atomic E-state index is 12.2.